The molecule has 19 heavy (non-hydrogen) atoms. The van der Waals surface area contributed by atoms with Gasteiger partial charge in [0, 0.05) is 6.54 Å². The first-order chi connectivity index (χ1) is 8.87. The molecule has 0 N–H and O–H groups in total. The average molecular weight is 344 g/mol. The molecule has 0 aliphatic carbocycles. The van der Waals surface area contributed by atoms with Crippen LogP contribution in [0.25, 0.3) is 0 Å². The topological polar surface area (TPSA) is 63.7 Å². The van der Waals surface area contributed by atoms with E-state index in [0.717, 1.165) is 15.6 Å². The Morgan fingerprint density at radius 3 is 2.74 bits per heavy atom. The van der Waals surface area contributed by atoms with Crippen molar-refractivity contribution in [3.05, 3.63) is 14.7 Å². The summed E-state index contributed by atoms with van der Waals surface area (Å²) in [5.74, 6) is -0.557. The van der Waals surface area contributed by atoms with Crippen molar-refractivity contribution in [2.75, 3.05) is 13.7 Å². The van der Waals surface area contributed by atoms with Crippen LogP contribution < -0.4 is 0 Å². The van der Waals surface area contributed by atoms with Crippen LogP contribution >= 0.6 is 34.5 Å². The fourth-order valence-electron chi connectivity index (χ4n) is 2.03. The van der Waals surface area contributed by atoms with Crippen LogP contribution in [-0.4, -0.2) is 38.4 Å². The summed E-state index contributed by atoms with van der Waals surface area (Å²) in [6.45, 7) is 0.270. The first kappa shape index (κ1) is 15.1. The van der Waals surface area contributed by atoms with Crippen molar-refractivity contribution >= 4 is 50.5 Å². The second-order valence-electron chi connectivity index (χ2n) is 3.99. The van der Waals surface area contributed by atoms with Gasteiger partial charge in [-0.05, 0) is 18.9 Å². The third-order valence-electron chi connectivity index (χ3n) is 2.89. The number of halogens is 2. The molecule has 1 aromatic rings. The lowest BCUT2D eigenvalue weighted by molar-refractivity contribution is -0.144. The van der Waals surface area contributed by atoms with E-state index in [1.807, 2.05) is 0 Å². The molecule has 1 atom stereocenters. The van der Waals surface area contributed by atoms with Gasteiger partial charge in [-0.15, -0.1) is 11.3 Å². The summed E-state index contributed by atoms with van der Waals surface area (Å²) in [5.41, 5.74) is 0. The van der Waals surface area contributed by atoms with Gasteiger partial charge < -0.3 is 4.74 Å². The lowest BCUT2D eigenvalue weighted by atomic mass is 10.2. The van der Waals surface area contributed by atoms with Gasteiger partial charge in [0.05, 0.1) is 11.4 Å². The lowest BCUT2D eigenvalue weighted by Crippen LogP contribution is -2.40. The zero-order chi connectivity index (χ0) is 14.2. The van der Waals surface area contributed by atoms with Gasteiger partial charge in [-0.3, -0.25) is 4.79 Å². The molecule has 1 fully saturated rings. The molecule has 2 heterocycles. The Bertz CT molecular complexity index is 599. The largest absolute Gasteiger partial charge is 0.468 e. The number of rotatable bonds is 3. The molecule has 0 bridgehead atoms. The van der Waals surface area contributed by atoms with Gasteiger partial charge in [0.15, 0.2) is 0 Å². The van der Waals surface area contributed by atoms with Crippen LogP contribution in [0.5, 0.6) is 0 Å². The number of sulfonamides is 1. The molecule has 0 radical (unpaired) electrons. The van der Waals surface area contributed by atoms with E-state index < -0.39 is 22.0 Å². The van der Waals surface area contributed by atoms with Crippen LogP contribution in [0.15, 0.2) is 11.0 Å². The van der Waals surface area contributed by atoms with Gasteiger partial charge in [0.25, 0.3) is 0 Å². The van der Waals surface area contributed by atoms with E-state index in [9.17, 15) is 13.2 Å². The Kier molecular flexibility index (Phi) is 4.42. The van der Waals surface area contributed by atoms with E-state index in [2.05, 4.69) is 4.74 Å². The fraction of sp³-hybridized carbons (Fsp3) is 0.500. The summed E-state index contributed by atoms with van der Waals surface area (Å²) >= 11 is 12.6. The first-order valence-electron chi connectivity index (χ1n) is 5.42. The molecule has 0 aromatic carbocycles. The predicted molar refractivity (Wildman–Crippen MR) is 73.3 cm³/mol. The van der Waals surface area contributed by atoms with E-state index in [0.29, 0.717) is 12.8 Å². The van der Waals surface area contributed by atoms with Gasteiger partial charge in [-0.25, -0.2) is 8.42 Å². The maximum atomic E-state index is 12.5. The van der Waals surface area contributed by atoms with E-state index in [1.54, 1.807) is 0 Å². The number of carbonyl (C=O) groups excluding carboxylic acids is 1. The molecule has 106 valence electrons. The maximum absolute atomic E-state index is 12.5. The van der Waals surface area contributed by atoms with Crippen LogP contribution in [0.2, 0.25) is 8.67 Å². The third-order valence-corrected chi connectivity index (χ3v) is 6.55. The average Bonchev–Trinajstić information content (AvgIpc) is 2.95. The van der Waals surface area contributed by atoms with E-state index in [1.165, 1.54) is 13.2 Å². The number of hydrogen-bond donors (Lipinski definition) is 0. The lowest BCUT2D eigenvalue weighted by Gasteiger charge is -2.21. The van der Waals surface area contributed by atoms with Crippen LogP contribution in [-0.2, 0) is 19.6 Å². The number of hydrogen-bond acceptors (Lipinski definition) is 5. The Morgan fingerprint density at radius 1 is 1.53 bits per heavy atom. The smallest absolute Gasteiger partial charge is 0.324 e. The van der Waals surface area contributed by atoms with Crippen molar-refractivity contribution < 1.29 is 17.9 Å². The highest BCUT2D eigenvalue weighted by molar-refractivity contribution is 7.89. The van der Waals surface area contributed by atoms with Crippen LogP contribution in [0.3, 0.4) is 0 Å². The quantitative estimate of drug-likeness (QED) is 0.790. The number of ether oxygens (including phenoxy) is 1. The standard InChI is InChI=1S/C10H11Cl2NO4S2/c1-17-10(14)6-3-2-4-13(6)19(15,16)7-5-8(11)18-9(7)12/h5-6H,2-4H2,1H3/t6-/m0/s1. The summed E-state index contributed by atoms with van der Waals surface area (Å²) in [6.07, 6.45) is 1.05. The SMILES string of the molecule is COC(=O)[C@@H]1CCCN1S(=O)(=O)c1cc(Cl)sc1Cl. The first-order valence-corrected chi connectivity index (χ1v) is 8.43. The minimum Gasteiger partial charge on any atom is -0.468 e. The highest BCUT2D eigenvalue weighted by atomic mass is 35.5. The minimum atomic E-state index is -3.83. The molecule has 0 unspecified atom stereocenters. The zero-order valence-corrected chi connectivity index (χ0v) is 13.1. The van der Waals surface area contributed by atoms with E-state index >= 15 is 0 Å². The highest BCUT2D eigenvalue weighted by Gasteiger charge is 2.41. The van der Waals surface area contributed by atoms with Crippen molar-refractivity contribution in [1.29, 1.82) is 0 Å². The molecular weight excluding hydrogens is 333 g/mol. The highest BCUT2D eigenvalue weighted by Crippen LogP contribution is 2.37. The van der Waals surface area contributed by atoms with Gasteiger partial charge in [0.1, 0.15) is 15.3 Å². The Morgan fingerprint density at radius 2 is 2.21 bits per heavy atom. The Labute approximate surface area is 125 Å². The van der Waals surface area contributed by atoms with E-state index in [-0.39, 0.29) is 20.1 Å². The number of methoxy groups -OCH3 is 1. The van der Waals surface area contributed by atoms with Crippen molar-refractivity contribution in [3.63, 3.8) is 0 Å². The summed E-state index contributed by atoms with van der Waals surface area (Å²) in [7, 11) is -2.59. The van der Waals surface area contributed by atoms with Gasteiger partial charge in [0.2, 0.25) is 10.0 Å². The number of esters is 1. The fourth-order valence-corrected chi connectivity index (χ4v) is 5.79. The van der Waals surface area contributed by atoms with Crippen molar-refractivity contribution in [2.24, 2.45) is 0 Å². The normalized spacial score (nSPS) is 20.7. The third kappa shape index (κ3) is 2.75. The predicted octanol–water partition coefficient (Wildman–Crippen LogP) is 2.38. The van der Waals surface area contributed by atoms with Crippen molar-refractivity contribution in [2.45, 2.75) is 23.8 Å². The molecule has 5 nitrogen and oxygen atoms in total. The molecule has 1 aromatic heterocycles. The maximum Gasteiger partial charge on any atom is 0.324 e. The number of nitrogens with zero attached hydrogens (tertiary/aromatic N) is 1. The van der Waals surface area contributed by atoms with Gasteiger partial charge in [-0.1, -0.05) is 23.2 Å². The molecule has 1 saturated heterocycles. The zero-order valence-electron chi connectivity index (χ0n) is 9.93. The number of thiophene rings is 1. The minimum absolute atomic E-state index is 0.0556. The number of carbonyl (C=O) groups is 1. The molecular formula is C10H11Cl2NO4S2. The summed E-state index contributed by atoms with van der Waals surface area (Å²) in [5, 5.41) is 0. The van der Waals surface area contributed by atoms with Crippen molar-refractivity contribution in [1.82, 2.24) is 4.31 Å². The molecule has 1 aliphatic heterocycles. The summed E-state index contributed by atoms with van der Waals surface area (Å²) in [6, 6.07) is 0.515. The molecule has 0 amide bonds. The van der Waals surface area contributed by atoms with Crippen molar-refractivity contribution in [3.8, 4) is 0 Å². The van der Waals surface area contributed by atoms with Crippen LogP contribution in [0.1, 0.15) is 12.8 Å². The molecule has 9 heteroatoms. The molecule has 0 saturated carbocycles. The molecule has 2 rings (SSSR count). The summed E-state index contributed by atoms with van der Waals surface area (Å²) < 4.78 is 31.1. The van der Waals surface area contributed by atoms with Gasteiger partial charge in [-0.2, -0.15) is 4.31 Å². The van der Waals surface area contributed by atoms with Crippen LogP contribution in [0.4, 0.5) is 0 Å². The molecule has 1 aliphatic rings. The van der Waals surface area contributed by atoms with E-state index in [4.69, 9.17) is 23.2 Å². The van der Waals surface area contributed by atoms with Crippen LogP contribution in [0, 0.1) is 0 Å². The Balaban J connectivity index is 2.39. The van der Waals surface area contributed by atoms with Gasteiger partial charge >= 0.3 is 5.97 Å². The second-order valence-corrected chi connectivity index (χ2v) is 8.13. The monoisotopic (exact) mass is 343 g/mol. The molecule has 0 spiro atoms. The summed E-state index contributed by atoms with van der Waals surface area (Å²) in [4.78, 5) is 11.6. The second kappa shape index (κ2) is 5.57. The Hall–Kier alpha value is -0.340.